The molecule has 0 amide bonds. The predicted molar refractivity (Wildman–Crippen MR) is 104 cm³/mol. The minimum atomic E-state index is -0.298. The lowest BCUT2D eigenvalue weighted by Gasteiger charge is -2.22. The van der Waals surface area contributed by atoms with Gasteiger partial charge >= 0.3 is 0 Å². The van der Waals surface area contributed by atoms with Crippen LogP contribution < -0.4 is 21.2 Å². The molecule has 0 aliphatic heterocycles. The monoisotopic (exact) mass is 322 g/mol. The van der Waals surface area contributed by atoms with E-state index in [2.05, 4.69) is 98.3 Å². The van der Waals surface area contributed by atoms with Gasteiger partial charge in [0.25, 0.3) is 0 Å². The first-order valence-electron chi connectivity index (χ1n) is 7.44. The zero-order valence-corrected chi connectivity index (χ0v) is 14.8. The van der Waals surface area contributed by atoms with Crippen LogP contribution in [0.3, 0.4) is 0 Å². The summed E-state index contributed by atoms with van der Waals surface area (Å²) in [5, 5.41) is 5.92. The average molecular weight is 322 g/mol. The Morgan fingerprint density at radius 1 is 0.455 bits per heavy atom. The van der Waals surface area contributed by atoms with Gasteiger partial charge in [-0.2, -0.15) is 0 Å². The number of benzene rings is 3. The molecule has 3 rings (SSSR count). The molecule has 0 nitrogen and oxygen atoms in total. The Labute approximate surface area is 135 Å². The maximum Gasteiger partial charge on any atom is -0.0118 e. The van der Waals surface area contributed by atoms with Crippen LogP contribution in [0.25, 0.3) is 0 Å². The first-order valence-corrected chi connectivity index (χ1v) is 11.0. The first kappa shape index (κ1) is 15.4. The van der Waals surface area contributed by atoms with Gasteiger partial charge < -0.3 is 0 Å². The highest BCUT2D eigenvalue weighted by atomic mass is 31.1. The topological polar surface area (TPSA) is 0 Å². The van der Waals surface area contributed by atoms with E-state index in [0.29, 0.717) is 0 Å². The van der Waals surface area contributed by atoms with Crippen LogP contribution in [0.2, 0.25) is 0 Å². The molecule has 2 heteroatoms. The van der Waals surface area contributed by atoms with Gasteiger partial charge in [-0.3, -0.25) is 0 Å². The summed E-state index contributed by atoms with van der Waals surface area (Å²) < 4.78 is 0. The number of hydrogen-bond donors (Lipinski definition) is 0. The Morgan fingerprint density at radius 2 is 0.773 bits per heavy atom. The largest absolute Gasteiger partial charge is 0.0622 e. The molecular weight excluding hydrogens is 302 g/mol. The molecule has 0 N–H and O–H groups in total. The second-order valence-corrected chi connectivity index (χ2v) is 9.51. The summed E-state index contributed by atoms with van der Waals surface area (Å²) in [7, 11) is -0.596. The van der Waals surface area contributed by atoms with Crippen LogP contribution in [0.15, 0.2) is 84.9 Å². The molecule has 22 heavy (non-hydrogen) atoms. The predicted octanol–water partition coefficient (Wildman–Crippen LogP) is 3.81. The fourth-order valence-corrected chi connectivity index (χ4v) is 6.76. The summed E-state index contributed by atoms with van der Waals surface area (Å²) in [5.41, 5.74) is 0. The van der Waals surface area contributed by atoms with Gasteiger partial charge in [-0.25, -0.2) is 0 Å². The zero-order valence-electron chi connectivity index (χ0n) is 13.0. The van der Waals surface area contributed by atoms with E-state index < -0.39 is 0 Å². The minimum absolute atomic E-state index is 0.298. The lowest BCUT2D eigenvalue weighted by atomic mass is 10.4. The molecule has 3 aromatic rings. The fourth-order valence-electron chi connectivity index (χ4n) is 2.61. The van der Waals surface area contributed by atoms with E-state index in [-0.39, 0.29) is 15.8 Å². The molecule has 0 heterocycles. The summed E-state index contributed by atoms with van der Waals surface area (Å²) in [6, 6.07) is 30.7. The first-order chi connectivity index (χ1) is 10.8. The summed E-state index contributed by atoms with van der Waals surface area (Å²) in [6.07, 6.45) is 0. The third kappa shape index (κ3) is 3.30. The molecule has 3 aromatic carbocycles. The Hall–Kier alpha value is -1.48. The standard InChI is InChI=1S/C20H20P2/c1-21(17-11-5-3-6-12-17)19-15-9-10-16-20(19)22(2)18-13-7-4-8-14-18/h3-16H,1-2H3/t21-,22-/m1/s1. The van der Waals surface area contributed by atoms with Gasteiger partial charge in [0.15, 0.2) is 0 Å². The van der Waals surface area contributed by atoms with Crippen molar-refractivity contribution in [2.75, 3.05) is 13.3 Å². The van der Waals surface area contributed by atoms with Crippen LogP contribution in [0.5, 0.6) is 0 Å². The second kappa shape index (κ2) is 7.19. The summed E-state index contributed by atoms with van der Waals surface area (Å²) >= 11 is 0. The maximum atomic E-state index is 2.37. The molecule has 0 saturated carbocycles. The molecule has 110 valence electrons. The Morgan fingerprint density at radius 3 is 1.14 bits per heavy atom. The van der Waals surface area contributed by atoms with E-state index in [1.807, 2.05) is 0 Å². The van der Waals surface area contributed by atoms with E-state index >= 15 is 0 Å². The van der Waals surface area contributed by atoms with E-state index in [4.69, 9.17) is 0 Å². The van der Waals surface area contributed by atoms with Crippen LogP contribution in [-0.2, 0) is 0 Å². The third-order valence-electron chi connectivity index (χ3n) is 3.89. The van der Waals surface area contributed by atoms with Crippen molar-refractivity contribution >= 4 is 37.1 Å². The van der Waals surface area contributed by atoms with Crippen LogP contribution in [0, 0.1) is 0 Å². The second-order valence-electron chi connectivity index (χ2n) is 5.28. The molecule has 2 atom stereocenters. The van der Waals surface area contributed by atoms with Gasteiger partial charge in [-0.15, -0.1) is 0 Å². The van der Waals surface area contributed by atoms with Gasteiger partial charge in [0, 0.05) is 0 Å². The molecule has 0 aromatic heterocycles. The van der Waals surface area contributed by atoms with E-state index in [1.165, 1.54) is 21.2 Å². The molecule has 0 spiro atoms. The summed E-state index contributed by atoms with van der Waals surface area (Å²) in [4.78, 5) is 0. The minimum Gasteiger partial charge on any atom is -0.0622 e. The summed E-state index contributed by atoms with van der Waals surface area (Å²) in [6.45, 7) is 4.75. The van der Waals surface area contributed by atoms with Crippen LogP contribution in [0.1, 0.15) is 0 Å². The van der Waals surface area contributed by atoms with Crippen molar-refractivity contribution in [3.8, 4) is 0 Å². The van der Waals surface area contributed by atoms with E-state index in [9.17, 15) is 0 Å². The van der Waals surface area contributed by atoms with Crippen LogP contribution >= 0.6 is 15.8 Å². The number of rotatable bonds is 4. The molecule has 0 radical (unpaired) electrons. The Kier molecular flexibility index (Phi) is 5.04. The maximum absolute atomic E-state index is 2.37. The molecule has 0 bridgehead atoms. The van der Waals surface area contributed by atoms with Crippen molar-refractivity contribution in [3.63, 3.8) is 0 Å². The van der Waals surface area contributed by atoms with Crippen LogP contribution in [0.4, 0.5) is 0 Å². The molecule has 0 aliphatic rings. The Balaban J connectivity index is 2.00. The van der Waals surface area contributed by atoms with Gasteiger partial charge in [0.1, 0.15) is 0 Å². The number of hydrogen-bond acceptors (Lipinski definition) is 0. The SMILES string of the molecule is C[P@](c1ccccc1)c1ccccc1[P@](C)c1ccccc1. The quantitative estimate of drug-likeness (QED) is 0.641. The normalized spacial score (nSPS) is 13.5. The fraction of sp³-hybridized carbons (Fsp3) is 0.100. The molecule has 0 saturated heterocycles. The van der Waals surface area contributed by atoms with E-state index in [0.717, 1.165) is 0 Å². The highest BCUT2D eigenvalue weighted by molar-refractivity contribution is 7.78. The highest BCUT2D eigenvalue weighted by Gasteiger charge is 2.16. The molecule has 0 fully saturated rings. The third-order valence-corrected chi connectivity index (χ3v) is 8.44. The van der Waals surface area contributed by atoms with Crippen molar-refractivity contribution in [2.24, 2.45) is 0 Å². The highest BCUT2D eigenvalue weighted by Crippen LogP contribution is 2.34. The molecular formula is C20H20P2. The summed E-state index contributed by atoms with van der Waals surface area (Å²) in [5.74, 6) is 0. The molecule has 0 aliphatic carbocycles. The molecule has 0 unspecified atom stereocenters. The van der Waals surface area contributed by atoms with Gasteiger partial charge in [0.05, 0.1) is 0 Å². The van der Waals surface area contributed by atoms with Gasteiger partial charge in [0.2, 0.25) is 0 Å². The van der Waals surface area contributed by atoms with Crippen molar-refractivity contribution in [1.29, 1.82) is 0 Å². The smallest absolute Gasteiger partial charge is 0.0118 e. The van der Waals surface area contributed by atoms with Gasteiger partial charge in [-0.1, -0.05) is 84.9 Å². The average Bonchev–Trinajstić information content (AvgIpc) is 2.62. The lowest BCUT2D eigenvalue weighted by Crippen LogP contribution is -2.27. The van der Waals surface area contributed by atoms with Crippen LogP contribution in [-0.4, -0.2) is 13.3 Å². The van der Waals surface area contributed by atoms with Gasteiger partial charge in [-0.05, 0) is 50.4 Å². The van der Waals surface area contributed by atoms with E-state index in [1.54, 1.807) is 0 Å². The van der Waals surface area contributed by atoms with Crippen molar-refractivity contribution in [1.82, 2.24) is 0 Å². The zero-order chi connectivity index (χ0) is 15.4. The van der Waals surface area contributed by atoms with Crippen molar-refractivity contribution in [2.45, 2.75) is 0 Å². The van der Waals surface area contributed by atoms with Crippen molar-refractivity contribution < 1.29 is 0 Å². The lowest BCUT2D eigenvalue weighted by molar-refractivity contribution is 1.76. The van der Waals surface area contributed by atoms with Crippen molar-refractivity contribution in [3.05, 3.63) is 84.9 Å². The Bertz CT molecular complexity index is 658.